The highest BCUT2D eigenvalue weighted by Crippen LogP contribution is 2.15. The average Bonchev–Trinajstić information content (AvgIpc) is 2.57. The zero-order valence-electron chi connectivity index (χ0n) is 13.3. The van der Waals surface area contributed by atoms with Gasteiger partial charge in [-0.2, -0.15) is 0 Å². The van der Waals surface area contributed by atoms with E-state index in [2.05, 4.69) is 17.2 Å². The fourth-order valence-electron chi connectivity index (χ4n) is 2.11. The van der Waals surface area contributed by atoms with Crippen LogP contribution >= 0.6 is 0 Å². The Bertz CT molecular complexity index is 626. The zero-order valence-corrected chi connectivity index (χ0v) is 13.3. The van der Waals surface area contributed by atoms with Crippen LogP contribution in [-0.4, -0.2) is 22.7 Å². The molecule has 0 radical (unpaired) electrons. The van der Waals surface area contributed by atoms with E-state index in [1.807, 2.05) is 24.3 Å². The number of rotatable bonds is 9. The lowest BCUT2D eigenvalue weighted by Gasteiger charge is -2.11. The molecule has 1 aromatic heterocycles. The molecular weight excluding hydrogens is 292 g/mol. The Morgan fingerprint density at radius 3 is 2.70 bits per heavy atom. The maximum atomic E-state index is 10.8. The Labute approximate surface area is 136 Å². The fraction of sp³-hybridized carbons (Fsp3) is 0.333. The van der Waals surface area contributed by atoms with Crippen LogP contribution in [-0.2, 0) is 13.1 Å². The summed E-state index contributed by atoms with van der Waals surface area (Å²) >= 11 is 0. The standard InChI is InChI=1S/C18H22N2O3/c1-2-3-11-23-17-16(5-4-10-20-17)13-19-12-14-6-8-15(9-7-14)18(21)22/h4-10,19H,2-3,11-13H2,1H3,(H,21,22). The molecule has 0 aliphatic carbocycles. The Morgan fingerprint density at radius 2 is 2.00 bits per heavy atom. The number of nitrogens with one attached hydrogen (secondary N) is 1. The second-order valence-electron chi connectivity index (χ2n) is 5.28. The Kier molecular flexibility index (Phi) is 6.56. The second kappa shape index (κ2) is 8.90. The predicted molar refractivity (Wildman–Crippen MR) is 88.6 cm³/mol. The van der Waals surface area contributed by atoms with Crippen LogP contribution in [0.4, 0.5) is 0 Å². The van der Waals surface area contributed by atoms with Gasteiger partial charge in [-0.3, -0.25) is 0 Å². The van der Waals surface area contributed by atoms with Crippen LogP contribution in [0.2, 0.25) is 0 Å². The fourth-order valence-corrected chi connectivity index (χ4v) is 2.11. The number of carbonyl (C=O) groups is 1. The Hall–Kier alpha value is -2.40. The van der Waals surface area contributed by atoms with Crippen molar-refractivity contribution in [1.29, 1.82) is 0 Å². The number of hydrogen-bond acceptors (Lipinski definition) is 4. The predicted octanol–water partition coefficient (Wildman–Crippen LogP) is 3.25. The van der Waals surface area contributed by atoms with Crippen molar-refractivity contribution in [2.24, 2.45) is 0 Å². The highest BCUT2D eigenvalue weighted by molar-refractivity contribution is 5.87. The molecule has 0 unspecified atom stereocenters. The van der Waals surface area contributed by atoms with Crippen molar-refractivity contribution in [1.82, 2.24) is 10.3 Å². The third-order valence-corrected chi connectivity index (χ3v) is 3.43. The Balaban J connectivity index is 1.87. The quantitative estimate of drug-likeness (QED) is 0.695. The first-order valence-corrected chi connectivity index (χ1v) is 7.80. The Morgan fingerprint density at radius 1 is 1.22 bits per heavy atom. The summed E-state index contributed by atoms with van der Waals surface area (Å²) in [6.45, 7) is 4.11. The number of hydrogen-bond donors (Lipinski definition) is 2. The molecule has 1 heterocycles. The van der Waals surface area contributed by atoms with Gasteiger partial charge in [0.05, 0.1) is 12.2 Å². The van der Waals surface area contributed by atoms with E-state index in [0.29, 0.717) is 31.1 Å². The number of benzene rings is 1. The van der Waals surface area contributed by atoms with E-state index < -0.39 is 5.97 Å². The van der Waals surface area contributed by atoms with Crippen LogP contribution in [0.25, 0.3) is 0 Å². The summed E-state index contributed by atoms with van der Waals surface area (Å²) in [7, 11) is 0. The molecule has 0 fully saturated rings. The molecule has 2 aromatic rings. The molecule has 0 spiro atoms. The number of aromatic carboxylic acids is 1. The minimum atomic E-state index is -0.909. The maximum absolute atomic E-state index is 10.8. The van der Waals surface area contributed by atoms with Gasteiger partial charge in [0.1, 0.15) is 0 Å². The average molecular weight is 314 g/mol. The first-order valence-electron chi connectivity index (χ1n) is 7.80. The second-order valence-corrected chi connectivity index (χ2v) is 5.28. The summed E-state index contributed by atoms with van der Waals surface area (Å²) in [5.41, 5.74) is 2.35. The molecule has 5 nitrogen and oxygen atoms in total. The molecule has 23 heavy (non-hydrogen) atoms. The van der Waals surface area contributed by atoms with Crippen molar-refractivity contribution in [2.75, 3.05) is 6.61 Å². The van der Waals surface area contributed by atoms with E-state index >= 15 is 0 Å². The first kappa shape index (κ1) is 17.0. The van der Waals surface area contributed by atoms with E-state index in [1.54, 1.807) is 18.3 Å². The molecule has 0 saturated carbocycles. The number of ether oxygens (including phenoxy) is 1. The molecule has 0 bridgehead atoms. The van der Waals surface area contributed by atoms with Crippen molar-refractivity contribution in [3.8, 4) is 5.88 Å². The van der Waals surface area contributed by atoms with Gasteiger partial charge in [0.2, 0.25) is 5.88 Å². The minimum absolute atomic E-state index is 0.299. The smallest absolute Gasteiger partial charge is 0.335 e. The van der Waals surface area contributed by atoms with Crippen molar-refractivity contribution in [2.45, 2.75) is 32.9 Å². The summed E-state index contributed by atoms with van der Waals surface area (Å²) in [6, 6.07) is 10.8. The van der Waals surface area contributed by atoms with Crippen LogP contribution < -0.4 is 10.1 Å². The minimum Gasteiger partial charge on any atom is -0.478 e. The summed E-state index contributed by atoms with van der Waals surface area (Å²) in [5.74, 6) is -0.233. The molecule has 5 heteroatoms. The molecule has 0 amide bonds. The van der Waals surface area contributed by atoms with Crippen molar-refractivity contribution in [3.05, 3.63) is 59.3 Å². The topological polar surface area (TPSA) is 71.5 Å². The molecule has 122 valence electrons. The highest BCUT2D eigenvalue weighted by atomic mass is 16.5. The summed E-state index contributed by atoms with van der Waals surface area (Å²) < 4.78 is 5.71. The van der Waals surface area contributed by atoms with Gasteiger partial charge in [-0.05, 0) is 30.2 Å². The molecule has 2 rings (SSSR count). The number of nitrogens with zero attached hydrogens (tertiary/aromatic N) is 1. The molecule has 2 N–H and O–H groups in total. The first-order chi connectivity index (χ1) is 11.2. The van der Waals surface area contributed by atoms with E-state index in [0.717, 1.165) is 24.0 Å². The lowest BCUT2D eigenvalue weighted by Crippen LogP contribution is -2.14. The largest absolute Gasteiger partial charge is 0.478 e. The monoisotopic (exact) mass is 314 g/mol. The lowest BCUT2D eigenvalue weighted by molar-refractivity contribution is 0.0697. The van der Waals surface area contributed by atoms with Crippen LogP contribution in [0, 0.1) is 0 Å². The highest BCUT2D eigenvalue weighted by Gasteiger charge is 2.05. The van der Waals surface area contributed by atoms with Crippen LogP contribution in [0.3, 0.4) is 0 Å². The van der Waals surface area contributed by atoms with E-state index in [1.165, 1.54) is 0 Å². The molecule has 0 aliphatic rings. The SMILES string of the molecule is CCCCOc1ncccc1CNCc1ccc(C(=O)O)cc1. The summed E-state index contributed by atoms with van der Waals surface area (Å²) in [6.07, 6.45) is 3.83. The molecule has 0 saturated heterocycles. The summed E-state index contributed by atoms with van der Waals surface area (Å²) in [4.78, 5) is 15.1. The molecule has 0 atom stereocenters. The number of unbranched alkanes of at least 4 members (excludes halogenated alkanes) is 1. The van der Waals surface area contributed by atoms with Gasteiger partial charge >= 0.3 is 5.97 Å². The normalized spacial score (nSPS) is 10.5. The number of carboxylic acid groups (broad SMARTS) is 1. The maximum Gasteiger partial charge on any atom is 0.335 e. The number of aromatic nitrogens is 1. The third-order valence-electron chi connectivity index (χ3n) is 3.43. The molecule has 1 aromatic carbocycles. The van der Waals surface area contributed by atoms with E-state index in [4.69, 9.17) is 9.84 Å². The number of carboxylic acids is 1. The third kappa shape index (κ3) is 5.38. The van der Waals surface area contributed by atoms with E-state index in [9.17, 15) is 4.79 Å². The van der Waals surface area contributed by atoms with Crippen LogP contribution in [0.5, 0.6) is 5.88 Å². The van der Waals surface area contributed by atoms with Gasteiger partial charge in [0.15, 0.2) is 0 Å². The van der Waals surface area contributed by atoms with Crippen molar-refractivity contribution in [3.63, 3.8) is 0 Å². The van der Waals surface area contributed by atoms with Crippen molar-refractivity contribution < 1.29 is 14.6 Å². The van der Waals surface area contributed by atoms with Gasteiger partial charge in [0, 0.05) is 24.8 Å². The van der Waals surface area contributed by atoms with Crippen LogP contribution in [0.15, 0.2) is 42.6 Å². The van der Waals surface area contributed by atoms with Crippen molar-refractivity contribution >= 4 is 5.97 Å². The molecule has 0 aliphatic heterocycles. The molecular formula is C18H22N2O3. The van der Waals surface area contributed by atoms with Gasteiger partial charge in [0.25, 0.3) is 0 Å². The van der Waals surface area contributed by atoms with E-state index in [-0.39, 0.29) is 0 Å². The van der Waals surface area contributed by atoms with Gasteiger partial charge in [-0.15, -0.1) is 0 Å². The summed E-state index contributed by atoms with van der Waals surface area (Å²) in [5, 5.41) is 12.2. The van der Waals surface area contributed by atoms with Crippen LogP contribution in [0.1, 0.15) is 41.3 Å². The van der Waals surface area contributed by atoms with Gasteiger partial charge in [-0.25, -0.2) is 9.78 Å². The van der Waals surface area contributed by atoms with Gasteiger partial charge in [-0.1, -0.05) is 31.5 Å². The van der Waals surface area contributed by atoms with Gasteiger partial charge < -0.3 is 15.2 Å². The number of pyridine rings is 1. The lowest BCUT2D eigenvalue weighted by atomic mass is 10.1. The zero-order chi connectivity index (χ0) is 16.5.